The van der Waals surface area contributed by atoms with Crippen molar-refractivity contribution in [2.24, 2.45) is 5.73 Å². The van der Waals surface area contributed by atoms with Gasteiger partial charge in [-0.15, -0.1) is 0 Å². The number of hydrogen-bond donors (Lipinski definition) is 1. The smallest absolute Gasteiger partial charge is 0.257 e. The van der Waals surface area contributed by atoms with Crippen LogP contribution in [-0.4, -0.2) is 45.2 Å². The fourth-order valence-corrected chi connectivity index (χ4v) is 4.84. The normalized spacial score (nSPS) is 13.4. The molecule has 0 spiro atoms. The first-order valence-electron chi connectivity index (χ1n) is 10.3. The first-order chi connectivity index (χ1) is 14.6. The highest BCUT2D eigenvalue weighted by atomic mass is 35.5. The molecule has 0 radical (unpaired) electrons. The summed E-state index contributed by atoms with van der Waals surface area (Å²) >= 11 is 12.6. The number of carbonyl (C=O) groups excluding carboxylic acids is 2. The third-order valence-corrected chi connectivity index (χ3v) is 6.10. The number of carbonyl (C=O) groups is 2. The Morgan fingerprint density at radius 2 is 1.84 bits per heavy atom. The van der Waals surface area contributed by atoms with E-state index in [-0.39, 0.29) is 43.5 Å². The van der Waals surface area contributed by atoms with Crippen LogP contribution in [0.15, 0.2) is 18.2 Å². The number of hydrogen-bond acceptors (Lipinski definition) is 4. The molecule has 2 amide bonds. The first-order valence-corrected chi connectivity index (χ1v) is 11.1. The molecule has 2 aromatic rings. The molecule has 1 aliphatic rings. The number of benzene rings is 1. The molecule has 3 rings (SSSR count). The molecule has 0 aliphatic carbocycles. The Bertz CT molecular complexity index is 1030. The summed E-state index contributed by atoms with van der Waals surface area (Å²) in [4.78, 5) is 34.4. The Labute approximate surface area is 193 Å². The van der Waals surface area contributed by atoms with Crippen molar-refractivity contribution in [2.75, 3.05) is 6.54 Å². The van der Waals surface area contributed by atoms with Crippen molar-refractivity contribution in [1.29, 1.82) is 0 Å². The number of nitrogens with two attached hydrogens (primary N) is 1. The Morgan fingerprint density at radius 3 is 2.39 bits per heavy atom. The van der Waals surface area contributed by atoms with E-state index in [1.165, 1.54) is 0 Å². The number of halogens is 2. The topological polar surface area (TPSA) is 79.5 Å². The second-order valence-electron chi connectivity index (χ2n) is 8.35. The van der Waals surface area contributed by atoms with E-state index in [4.69, 9.17) is 28.9 Å². The van der Waals surface area contributed by atoms with Gasteiger partial charge in [0.15, 0.2) is 0 Å². The van der Waals surface area contributed by atoms with Crippen LogP contribution in [0.25, 0.3) is 11.1 Å². The molecule has 31 heavy (non-hydrogen) atoms. The Kier molecular flexibility index (Phi) is 6.94. The Morgan fingerprint density at radius 1 is 1.19 bits per heavy atom. The van der Waals surface area contributed by atoms with Crippen LogP contribution in [0.3, 0.4) is 0 Å². The predicted molar refractivity (Wildman–Crippen MR) is 124 cm³/mol. The number of amides is 2. The number of fused-ring (bicyclic) bond motifs is 1. The van der Waals surface area contributed by atoms with Crippen molar-refractivity contribution in [2.45, 2.75) is 59.8 Å². The van der Waals surface area contributed by atoms with E-state index >= 15 is 0 Å². The molecule has 166 valence electrons. The Balaban J connectivity index is 2.06. The van der Waals surface area contributed by atoms with Gasteiger partial charge in [-0.3, -0.25) is 14.6 Å². The molecule has 1 aromatic heterocycles. The molecule has 2 heterocycles. The van der Waals surface area contributed by atoms with Crippen LogP contribution in [0.4, 0.5) is 0 Å². The summed E-state index contributed by atoms with van der Waals surface area (Å²) in [5.74, 6) is -0.327. The minimum absolute atomic E-state index is 0.00362. The molecule has 0 saturated carbocycles. The van der Waals surface area contributed by atoms with Crippen molar-refractivity contribution >= 4 is 35.0 Å². The van der Waals surface area contributed by atoms with Gasteiger partial charge in [-0.1, -0.05) is 29.3 Å². The highest BCUT2D eigenvalue weighted by Crippen LogP contribution is 2.39. The predicted octanol–water partition coefficient (Wildman–Crippen LogP) is 4.42. The number of nitrogens with zero attached hydrogens (tertiary/aromatic N) is 3. The highest BCUT2D eigenvalue weighted by Gasteiger charge is 2.36. The first kappa shape index (κ1) is 23.5. The van der Waals surface area contributed by atoms with Crippen LogP contribution < -0.4 is 5.73 Å². The van der Waals surface area contributed by atoms with Crippen molar-refractivity contribution in [3.63, 3.8) is 0 Å². The minimum Gasteiger partial charge on any atom is -0.336 e. The summed E-state index contributed by atoms with van der Waals surface area (Å²) in [5, 5.41) is 0.939. The highest BCUT2D eigenvalue weighted by molar-refractivity contribution is 6.36. The number of rotatable bonds is 6. The van der Waals surface area contributed by atoms with Crippen LogP contribution in [0.2, 0.25) is 10.0 Å². The monoisotopic (exact) mass is 462 g/mol. The van der Waals surface area contributed by atoms with Crippen LogP contribution >= 0.6 is 23.2 Å². The van der Waals surface area contributed by atoms with Gasteiger partial charge in [0.1, 0.15) is 6.54 Å². The van der Waals surface area contributed by atoms with Crippen LogP contribution in [-0.2, 0) is 17.9 Å². The zero-order chi connectivity index (χ0) is 23.0. The van der Waals surface area contributed by atoms with E-state index in [2.05, 4.69) is 4.98 Å². The van der Waals surface area contributed by atoms with Gasteiger partial charge < -0.3 is 15.5 Å². The van der Waals surface area contributed by atoms with E-state index in [9.17, 15) is 9.59 Å². The molecule has 6 nitrogen and oxygen atoms in total. The summed E-state index contributed by atoms with van der Waals surface area (Å²) in [6.07, 6.45) is 0. The van der Waals surface area contributed by atoms with Gasteiger partial charge in [0, 0.05) is 45.5 Å². The molecular formula is C23H28Cl2N4O2. The van der Waals surface area contributed by atoms with Gasteiger partial charge in [0.05, 0.1) is 17.8 Å². The van der Waals surface area contributed by atoms with E-state index in [0.717, 1.165) is 11.3 Å². The molecule has 1 aromatic carbocycles. The molecule has 0 fully saturated rings. The molecule has 0 saturated heterocycles. The quantitative estimate of drug-likeness (QED) is 0.688. The molecule has 0 bridgehead atoms. The van der Waals surface area contributed by atoms with Gasteiger partial charge in [0.2, 0.25) is 5.91 Å². The van der Waals surface area contributed by atoms with Gasteiger partial charge >= 0.3 is 0 Å². The van der Waals surface area contributed by atoms with Crippen molar-refractivity contribution in [3.05, 3.63) is 50.8 Å². The average Bonchev–Trinajstić information content (AvgIpc) is 2.95. The lowest BCUT2D eigenvalue weighted by Crippen LogP contribution is -2.47. The Hall–Kier alpha value is -2.15. The summed E-state index contributed by atoms with van der Waals surface area (Å²) in [6.45, 7) is 10.2. The summed E-state index contributed by atoms with van der Waals surface area (Å²) in [6, 6.07) is 5.25. The minimum atomic E-state index is -0.237. The molecule has 2 N–H and O–H groups in total. The second-order valence-corrected chi connectivity index (χ2v) is 9.19. The SMILES string of the molecule is Cc1nc2c(c(-c3ccc(Cl)cc3Cl)c1CN)C(=O)N(CC(=O)N(C(C)C)C(C)C)C2. The zero-order valence-corrected chi connectivity index (χ0v) is 20.0. The summed E-state index contributed by atoms with van der Waals surface area (Å²) in [5.41, 5.74) is 9.99. The fourth-order valence-electron chi connectivity index (χ4n) is 4.34. The standard InChI is InChI=1S/C23H28Cl2N4O2/c1-12(2)29(13(3)4)20(30)11-28-10-19-22(23(28)31)21(17(9-26)14(5)27-19)16-7-6-15(24)8-18(16)25/h6-8,12-13H,9-11,26H2,1-5H3. The van der Waals surface area contributed by atoms with Gasteiger partial charge in [0.25, 0.3) is 5.91 Å². The van der Waals surface area contributed by atoms with Crippen LogP contribution in [0.5, 0.6) is 0 Å². The van der Waals surface area contributed by atoms with E-state index in [1.807, 2.05) is 34.6 Å². The summed E-state index contributed by atoms with van der Waals surface area (Å²) < 4.78 is 0. The molecule has 8 heteroatoms. The lowest BCUT2D eigenvalue weighted by molar-refractivity contribution is -0.135. The van der Waals surface area contributed by atoms with Crippen molar-refractivity contribution in [3.8, 4) is 11.1 Å². The third-order valence-electron chi connectivity index (χ3n) is 5.55. The number of aryl methyl sites for hydroxylation is 1. The van der Waals surface area contributed by atoms with E-state index in [1.54, 1.807) is 28.0 Å². The maximum Gasteiger partial charge on any atom is 0.257 e. The van der Waals surface area contributed by atoms with Crippen LogP contribution in [0, 0.1) is 6.92 Å². The van der Waals surface area contributed by atoms with Crippen molar-refractivity contribution in [1.82, 2.24) is 14.8 Å². The lowest BCUT2D eigenvalue weighted by atomic mass is 9.93. The lowest BCUT2D eigenvalue weighted by Gasteiger charge is -2.32. The fraction of sp³-hybridized carbons (Fsp3) is 0.435. The maximum absolute atomic E-state index is 13.5. The molecule has 0 unspecified atom stereocenters. The van der Waals surface area contributed by atoms with Crippen molar-refractivity contribution < 1.29 is 9.59 Å². The molecule has 1 aliphatic heterocycles. The zero-order valence-electron chi connectivity index (χ0n) is 18.5. The van der Waals surface area contributed by atoms with Crippen LogP contribution in [0.1, 0.15) is 55.0 Å². The average molecular weight is 463 g/mol. The van der Waals surface area contributed by atoms with Gasteiger partial charge in [-0.05, 0) is 52.3 Å². The number of pyridine rings is 1. The third kappa shape index (κ3) is 4.43. The van der Waals surface area contributed by atoms with E-state index < -0.39 is 0 Å². The second kappa shape index (κ2) is 9.15. The number of aromatic nitrogens is 1. The van der Waals surface area contributed by atoms with Gasteiger partial charge in [-0.2, -0.15) is 0 Å². The molecular weight excluding hydrogens is 435 g/mol. The van der Waals surface area contributed by atoms with Gasteiger partial charge in [-0.25, -0.2) is 0 Å². The largest absolute Gasteiger partial charge is 0.336 e. The maximum atomic E-state index is 13.5. The van der Waals surface area contributed by atoms with E-state index in [0.29, 0.717) is 32.4 Å². The summed E-state index contributed by atoms with van der Waals surface area (Å²) in [7, 11) is 0. The molecule has 0 atom stereocenters.